The van der Waals surface area contributed by atoms with E-state index in [1.807, 2.05) is 0 Å². The maximum absolute atomic E-state index is 10.3. The molecule has 0 aromatic carbocycles. The summed E-state index contributed by atoms with van der Waals surface area (Å²) < 4.78 is 2.32. The molecule has 1 N–H and O–H groups in total. The van der Waals surface area contributed by atoms with E-state index >= 15 is 0 Å². The Bertz CT molecular complexity index is 430. The standard InChI is InChI=1S/C15H24N2O/c1-15(2)10-13-12(14(18)11-15)6-9-17(13)16-7-4-3-5-8-16/h6,9,14,18H,3-5,7-8,10-11H2,1-2H3. The lowest BCUT2D eigenvalue weighted by Crippen LogP contribution is -2.41. The Labute approximate surface area is 109 Å². The van der Waals surface area contributed by atoms with Crippen LogP contribution in [0.4, 0.5) is 0 Å². The molecule has 3 rings (SSSR count). The Morgan fingerprint density at radius 3 is 2.67 bits per heavy atom. The summed E-state index contributed by atoms with van der Waals surface area (Å²) >= 11 is 0. The van der Waals surface area contributed by atoms with Crippen LogP contribution in [0.25, 0.3) is 0 Å². The lowest BCUT2D eigenvalue weighted by Gasteiger charge is -2.37. The van der Waals surface area contributed by atoms with Crippen molar-refractivity contribution >= 4 is 0 Å². The number of nitrogens with zero attached hydrogens (tertiary/aromatic N) is 2. The highest BCUT2D eigenvalue weighted by Crippen LogP contribution is 2.41. The van der Waals surface area contributed by atoms with Gasteiger partial charge in [-0.3, -0.25) is 4.68 Å². The number of piperidine rings is 1. The zero-order chi connectivity index (χ0) is 12.8. The van der Waals surface area contributed by atoms with Crippen molar-refractivity contribution in [2.24, 2.45) is 5.41 Å². The minimum absolute atomic E-state index is 0.207. The molecule has 1 aromatic rings. The monoisotopic (exact) mass is 248 g/mol. The maximum Gasteiger partial charge on any atom is 0.0813 e. The second kappa shape index (κ2) is 4.30. The van der Waals surface area contributed by atoms with E-state index in [1.165, 1.54) is 25.0 Å². The first-order chi connectivity index (χ1) is 8.57. The van der Waals surface area contributed by atoms with Gasteiger partial charge in [0.05, 0.1) is 6.10 Å². The van der Waals surface area contributed by atoms with E-state index < -0.39 is 0 Å². The molecule has 1 aliphatic heterocycles. The van der Waals surface area contributed by atoms with Crippen LogP contribution in [0.2, 0.25) is 0 Å². The van der Waals surface area contributed by atoms with Crippen molar-refractivity contribution < 1.29 is 5.11 Å². The molecular formula is C15H24N2O. The first-order valence-corrected chi connectivity index (χ1v) is 7.20. The van der Waals surface area contributed by atoms with Crippen molar-refractivity contribution in [2.75, 3.05) is 18.1 Å². The van der Waals surface area contributed by atoms with Gasteiger partial charge in [-0.1, -0.05) is 13.8 Å². The molecule has 0 radical (unpaired) electrons. The Morgan fingerprint density at radius 1 is 1.22 bits per heavy atom. The Hall–Kier alpha value is -0.960. The molecule has 1 saturated heterocycles. The summed E-state index contributed by atoms with van der Waals surface area (Å²) in [7, 11) is 0. The molecule has 0 saturated carbocycles. The molecule has 1 atom stereocenters. The molecule has 2 aliphatic rings. The molecule has 1 aliphatic carbocycles. The third-order valence-electron chi connectivity index (χ3n) is 4.39. The molecule has 1 fully saturated rings. The van der Waals surface area contributed by atoms with E-state index in [0.717, 1.165) is 31.5 Å². The summed E-state index contributed by atoms with van der Waals surface area (Å²) in [5.74, 6) is 0. The van der Waals surface area contributed by atoms with E-state index in [4.69, 9.17) is 0 Å². The zero-order valence-electron chi connectivity index (χ0n) is 11.5. The Morgan fingerprint density at radius 2 is 1.94 bits per heavy atom. The number of aromatic nitrogens is 1. The molecule has 2 heterocycles. The molecule has 100 valence electrons. The summed E-state index contributed by atoms with van der Waals surface area (Å²) in [5, 5.41) is 12.7. The molecule has 0 bridgehead atoms. The van der Waals surface area contributed by atoms with E-state index in [9.17, 15) is 5.11 Å². The lowest BCUT2D eigenvalue weighted by molar-refractivity contribution is 0.0978. The number of fused-ring (bicyclic) bond motifs is 1. The van der Waals surface area contributed by atoms with Gasteiger partial charge in [-0.05, 0) is 43.6 Å². The van der Waals surface area contributed by atoms with E-state index in [0.29, 0.717) is 0 Å². The second-order valence-corrected chi connectivity index (χ2v) is 6.64. The van der Waals surface area contributed by atoms with Gasteiger partial charge in [-0.25, -0.2) is 0 Å². The second-order valence-electron chi connectivity index (χ2n) is 6.64. The number of hydrogen-bond donors (Lipinski definition) is 1. The number of hydrogen-bond acceptors (Lipinski definition) is 2. The van der Waals surface area contributed by atoms with Gasteiger partial charge in [-0.15, -0.1) is 0 Å². The fourth-order valence-electron chi connectivity index (χ4n) is 3.47. The van der Waals surface area contributed by atoms with E-state index in [1.54, 1.807) is 0 Å². The van der Waals surface area contributed by atoms with Crippen LogP contribution in [0.3, 0.4) is 0 Å². The van der Waals surface area contributed by atoms with Gasteiger partial charge >= 0.3 is 0 Å². The highest BCUT2D eigenvalue weighted by Gasteiger charge is 2.34. The summed E-state index contributed by atoms with van der Waals surface area (Å²) in [6, 6.07) is 2.11. The first kappa shape index (κ1) is 12.1. The molecule has 3 heteroatoms. The van der Waals surface area contributed by atoms with Gasteiger partial charge in [-0.2, -0.15) is 0 Å². The minimum Gasteiger partial charge on any atom is -0.388 e. The molecule has 0 amide bonds. The van der Waals surface area contributed by atoms with Crippen LogP contribution in [0, 0.1) is 5.41 Å². The van der Waals surface area contributed by atoms with E-state index in [-0.39, 0.29) is 11.5 Å². The zero-order valence-corrected chi connectivity index (χ0v) is 11.5. The van der Waals surface area contributed by atoms with Gasteiger partial charge in [0, 0.05) is 30.5 Å². The smallest absolute Gasteiger partial charge is 0.0813 e. The molecule has 0 spiro atoms. The molecule has 1 unspecified atom stereocenters. The van der Waals surface area contributed by atoms with E-state index in [2.05, 4.69) is 35.8 Å². The van der Waals surface area contributed by atoms with Crippen molar-refractivity contribution in [3.8, 4) is 0 Å². The highest BCUT2D eigenvalue weighted by atomic mass is 16.3. The third kappa shape index (κ3) is 2.05. The van der Waals surface area contributed by atoms with Gasteiger partial charge in [0.1, 0.15) is 0 Å². The van der Waals surface area contributed by atoms with Crippen LogP contribution in [0.15, 0.2) is 12.3 Å². The Balaban J connectivity index is 1.93. The summed E-state index contributed by atoms with van der Waals surface area (Å²) in [6.45, 7) is 6.81. The molecular weight excluding hydrogens is 224 g/mol. The van der Waals surface area contributed by atoms with Crippen LogP contribution < -0.4 is 5.01 Å². The fourth-order valence-corrected chi connectivity index (χ4v) is 3.47. The number of aliphatic hydroxyl groups is 1. The number of aliphatic hydroxyl groups excluding tert-OH is 1. The third-order valence-corrected chi connectivity index (χ3v) is 4.39. The van der Waals surface area contributed by atoms with Crippen LogP contribution in [-0.4, -0.2) is 22.9 Å². The van der Waals surface area contributed by atoms with Gasteiger partial charge in [0.15, 0.2) is 0 Å². The fraction of sp³-hybridized carbons (Fsp3) is 0.733. The van der Waals surface area contributed by atoms with Crippen LogP contribution in [0.1, 0.15) is 56.9 Å². The van der Waals surface area contributed by atoms with Gasteiger partial charge < -0.3 is 10.1 Å². The predicted molar refractivity (Wildman–Crippen MR) is 73.3 cm³/mol. The first-order valence-electron chi connectivity index (χ1n) is 7.20. The largest absolute Gasteiger partial charge is 0.388 e. The van der Waals surface area contributed by atoms with Crippen LogP contribution >= 0.6 is 0 Å². The maximum atomic E-state index is 10.3. The summed E-state index contributed by atoms with van der Waals surface area (Å²) in [6.07, 6.45) is 7.76. The summed E-state index contributed by atoms with van der Waals surface area (Å²) in [5.41, 5.74) is 2.69. The molecule has 1 aromatic heterocycles. The average Bonchev–Trinajstić information content (AvgIpc) is 2.72. The van der Waals surface area contributed by atoms with Crippen molar-refractivity contribution in [3.63, 3.8) is 0 Å². The Kier molecular flexibility index (Phi) is 2.89. The quantitative estimate of drug-likeness (QED) is 0.827. The van der Waals surface area contributed by atoms with Crippen molar-refractivity contribution in [3.05, 3.63) is 23.5 Å². The van der Waals surface area contributed by atoms with Crippen LogP contribution in [0.5, 0.6) is 0 Å². The van der Waals surface area contributed by atoms with Gasteiger partial charge in [0.25, 0.3) is 0 Å². The topological polar surface area (TPSA) is 28.4 Å². The minimum atomic E-state index is -0.283. The SMILES string of the molecule is CC1(C)Cc2c(ccn2N2CCCCC2)C(O)C1. The molecule has 3 nitrogen and oxygen atoms in total. The average molecular weight is 248 g/mol. The van der Waals surface area contributed by atoms with Crippen molar-refractivity contribution in [1.29, 1.82) is 0 Å². The van der Waals surface area contributed by atoms with Gasteiger partial charge in [0.2, 0.25) is 0 Å². The lowest BCUT2D eigenvalue weighted by atomic mass is 9.75. The molecule has 18 heavy (non-hydrogen) atoms. The van der Waals surface area contributed by atoms with Crippen molar-refractivity contribution in [2.45, 2.75) is 52.1 Å². The normalized spacial score (nSPS) is 27.1. The predicted octanol–water partition coefficient (Wildman–Crippen LogP) is 2.62. The number of rotatable bonds is 1. The summed E-state index contributed by atoms with van der Waals surface area (Å²) in [4.78, 5) is 0. The highest BCUT2D eigenvalue weighted by molar-refractivity contribution is 5.30. The van der Waals surface area contributed by atoms with Crippen LogP contribution in [-0.2, 0) is 6.42 Å². The van der Waals surface area contributed by atoms with Crippen molar-refractivity contribution in [1.82, 2.24) is 4.68 Å².